The predicted molar refractivity (Wildman–Crippen MR) is 76.2 cm³/mol. The first-order chi connectivity index (χ1) is 10.0. The molecule has 3 rings (SSSR count). The third-order valence-electron chi connectivity index (χ3n) is 3.12. The summed E-state index contributed by atoms with van der Waals surface area (Å²) >= 11 is 0. The average molecular weight is 288 g/mol. The van der Waals surface area contributed by atoms with E-state index in [9.17, 15) is 20.1 Å². The minimum absolute atomic E-state index is 0.0520. The molecule has 3 aromatic rings. The van der Waals surface area contributed by atoms with Gasteiger partial charge in [-0.3, -0.25) is 4.79 Å². The fourth-order valence-corrected chi connectivity index (χ4v) is 2.23. The van der Waals surface area contributed by atoms with Gasteiger partial charge in [-0.15, -0.1) is 0 Å². The molecule has 1 heterocycles. The average Bonchev–Trinajstić information content (AvgIpc) is 2.40. The Morgan fingerprint density at radius 1 is 1.05 bits per heavy atom. The van der Waals surface area contributed by atoms with Crippen LogP contribution >= 0.6 is 0 Å². The van der Waals surface area contributed by atoms with Crippen LogP contribution in [0.5, 0.6) is 23.0 Å². The van der Waals surface area contributed by atoms with Gasteiger partial charge in [-0.2, -0.15) is 0 Å². The zero-order valence-electron chi connectivity index (χ0n) is 11.1. The van der Waals surface area contributed by atoms with Crippen LogP contribution in [-0.2, 0) is 0 Å². The Balaban J connectivity index is 2.45. The summed E-state index contributed by atoms with van der Waals surface area (Å²) in [5.41, 5.74) is -0.251. The number of hydrogen-bond acceptors (Lipinski definition) is 6. The fourth-order valence-electron chi connectivity index (χ4n) is 2.23. The topological polar surface area (TPSA) is 100 Å². The quantitative estimate of drug-likeness (QED) is 0.626. The molecule has 0 aliphatic carbocycles. The lowest BCUT2D eigenvalue weighted by Gasteiger charge is -2.08. The van der Waals surface area contributed by atoms with Gasteiger partial charge in [-0.25, -0.2) is 0 Å². The molecule has 6 heteroatoms. The van der Waals surface area contributed by atoms with Crippen LogP contribution in [0.2, 0.25) is 0 Å². The summed E-state index contributed by atoms with van der Waals surface area (Å²) in [6, 6.07) is 4.93. The minimum Gasteiger partial charge on any atom is -0.508 e. The Bertz CT molecular complexity index is 910. The maximum Gasteiger partial charge on any atom is 0.204 e. The van der Waals surface area contributed by atoms with Crippen molar-refractivity contribution >= 4 is 21.9 Å². The molecular formula is C15H12O6. The molecule has 0 aliphatic rings. The van der Waals surface area contributed by atoms with Gasteiger partial charge in [0, 0.05) is 18.2 Å². The van der Waals surface area contributed by atoms with Crippen molar-refractivity contribution in [3.8, 4) is 23.0 Å². The highest BCUT2D eigenvalue weighted by Gasteiger charge is 2.15. The zero-order valence-corrected chi connectivity index (χ0v) is 11.1. The summed E-state index contributed by atoms with van der Waals surface area (Å²) < 4.78 is 10.8. The Labute approximate surface area is 118 Å². The van der Waals surface area contributed by atoms with Gasteiger partial charge >= 0.3 is 0 Å². The lowest BCUT2D eigenvalue weighted by atomic mass is 10.1. The first kappa shape index (κ1) is 13.1. The number of rotatable bonds is 2. The molecule has 0 fully saturated rings. The van der Waals surface area contributed by atoms with Crippen molar-refractivity contribution < 1.29 is 24.5 Å². The van der Waals surface area contributed by atoms with Crippen molar-refractivity contribution in [2.45, 2.75) is 6.92 Å². The number of ether oxygens (including phenoxy) is 1. The monoisotopic (exact) mass is 288 g/mol. The van der Waals surface area contributed by atoms with Crippen molar-refractivity contribution in [3.63, 3.8) is 0 Å². The SMILES string of the molecule is CCOc1cc2oc3cc(O)cc(O)c3c(=O)c2cc1O. The lowest BCUT2D eigenvalue weighted by Crippen LogP contribution is -2.03. The molecule has 6 nitrogen and oxygen atoms in total. The van der Waals surface area contributed by atoms with E-state index >= 15 is 0 Å². The van der Waals surface area contributed by atoms with Gasteiger partial charge in [0.25, 0.3) is 0 Å². The van der Waals surface area contributed by atoms with E-state index in [0.717, 1.165) is 6.07 Å². The molecule has 0 radical (unpaired) electrons. The fraction of sp³-hybridized carbons (Fsp3) is 0.133. The minimum atomic E-state index is -0.498. The molecule has 0 saturated carbocycles. The van der Waals surface area contributed by atoms with E-state index in [2.05, 4.69) is 0 Å². The second-order valence-electron chi connectivity index (χ2n) is 4.52. The highest BCUT2D eigenvalue weighted by atomic mass is 16.5. The summed E-state index contributed by atoms with van der Waals surface area (Å²) in [7, 11) is 0. The number of benzene rings is 2. The van der Waals surface area contributed by atoms with E-state index in [0.29, 0.717) is 6.61 Å². The second-order valence-corrected chi connectivity index (χ2v) is 4.52. The lowest BCUT2D eigenvalue weighted by molar-refractivity contribution is 0.318. The molecule has 21 heavy (non-hydrogen) atoms. The third kappa shape index (κ3) is 2.01. The molecule has 0 bridgehead atoms. The zero-order chi connectivity index (χ0) is 15.1. The molecule has 0 aliphatic heterocycles. The van der Waals surface area contributed by atoms with Gasteiger partial charge in [-0.1, -0.05) is 0 Å². The van der Waals surface area contributed by atoms with Crippen molar-refractivity contribution in [2.24, 2.45) is 0 Å². The third-order valence-corrected chi connectivity index (χ3v) is 3.12. The van der Waals surface area contributed by atoms with Crippen molar-refractivity contribution in [1.82, 2.24) is 0 Å². The summed E-state index contributed by atoms with van der Waals surface area (Å²) in [5.74, 6) is -0.591. The highest BCUT2D eigenvalue weighted by molar-refractivity contribution is 5.94. The number of phenols is 3. The summed E-state index contributed by atoms with van der Waals surface area (Å²) in [5, 5.41) is 29.2. The van der Waals surface area contributed by atoms with E-state index in [1.807, 2.05) is 0 Å². The standard InChI is InChI=1S/C15H12O6/c1-2-20-12-6-11-8(5-9(12)17)15(19)14-10(18)3-7(16)4-13(14)21-11/h3-6,16-18H,2H2,1H3. The van der Waals surface area contributed by atoms with Crippen LogP contribution in [0.15, 0.2) is 33.5 Å². The van der Waals surface area contributed by atoms with E-state index in [1.54, 1.807) is 6.92 Å². The molecule has 1 aromatic heterocycles. The molecule has 0 atom stereocenters. The molecule has 108 valence electrons. The molecule has 3 N–H and O–H groups in total. The summed E-state index contributed by atoms with van der Waals surface area (Å²) in [6.07, 6.45) is 0. The maximum absolute atomic E-state index is 12.4. The van der Waals surface area contributed by atoms with Crippen molar-refractivity contribution in [1.29, 1.82) is 0 Å². The largest absolute Gasteiger partial charge is 0.508 e. The smallest absolute Gasteiger partial charge is 0.204 e. The summed E-state index contributed by atoms with van der Waals surface area (Å²) in [6.45, 7) is 2.11. The van der Waals surface area contributed by atoms with Crippen LogP contribution < -0.4 is 10.2 Å². The molecule has 0 spiro atoms. The van der Waals surface area contributed by atoms with E-state index in [-0.39, 0.29) is 44.9 Å². The van der Waals surface area contributed by atoms with Crippen LogP contribution in [0, 0.1) is 0 Å². The first-order valence-corrected chi connectivity index (χ1v) is 6.29. The van der Waals surface area contributed by atoms with Gasteiger partial charge in [0.15, 0.2) is 11.5 Å². The number of aromatic hydroxyl groups is 3. The summed E-state index contributed by atoms with van der Waals surface area (Å²) in [4.78, 5) is 12.4. The van der Waals surface area contributed by atoms with Crippen LogP contribution in [-0.4, -0.2) is 21.9 Å². The Morgan fingerprint density at radius 3 is 2.52 bits per heavy atom. The van der Waals surface area contributed by atoms with E-state index < -0.39 is 5.43 Å². The van der Waals surface area contributed by atoms with Crippen molar-refractivity contribution in [3.05, 3.63) is 34.5 Å². The van der Waals surface area contributed by atoms with Crippen molar-refractivity contribution in [2.75, 3.05) is 6.61 Å². The van der Waals surface area contributed by atoms with Crippen LogP contribution in [0.3, 0.4) is 0 Å². The van der Waals surface area contributed by atoms with E-state index in [4.69, 9.17) is 9.15 Å². The predicted octanol–water partition coefficient (Wildman–Crippen LogP) is 2.46. The molecular weight excluding hydrogens is 276 g/mol. The Hall–Kier alpha value is -2.89. The van der Waals surface area contributed by atoms with Gasteiger partial charge in [0.2, 0.25) is 5.43 Å². The van der Waals surface area contributed by atoms with Gasteiger partial charge in [0.1, 0.15) is 28.1 Å². The number of fused-ring (bicyclic) bond motifs is 2. The first-order valence-electron chi connectivity index (χ1n) is 6.29. The number of hydrogen-bond donors (Lipinski definition) is 3. The van der Waals surface area contributed by atoms with Gasteiger partial charge in [-0.05, 0) is 13.0 Å². The molecule has 2 aromatic carbocycles. The normalized spacial score (nSPS) is 11.1. The Kier molecular flexibility index (Phi) is 2.86. The van der Waals surface area contributed by atoms with Gasteiger partial charge < -0.3 is 24.5 Å². The Morgan fingerprint density at radius 2 is 1.81 bits per heavy atom. The molecule has 0 amide bonds. The van der Waals surface area contributed by atoms with Crippen LogP contribution in [0.4, 0.5) is 0 Å². The van der Waals surface area contributed by atoms with E-state index in [1.165, 1.54) is 18.2 Å². The molecule has 0 unspecified atom stereocenters. The second kappa shape index (κ2) is 4.59. The van der Waals surface area contributed by atoms with Crippen LogP contribution in [0.1, 0.15) is 6.92 Å². The number of phenolic OH excluding ortho intramolecular Hbond substituents is 3. The molecule has 0 saturated heterocycles. The van der Waals surface area contributed by atoms with Crippen LogP contribution in [0.25, 0.3) is 21.9 Å². The van der Waals surface area contributed by atoms with Gasteiger partial charge in [0.05, 0.1) is 12.0 Å². The highest BCUT2D eigenvalue weighted by Crippen LogP contribution is 2.34. The maximum atomic E-state index is 12.4.